The summed E-state index contributed by atoms with van der Waals surface area (Å²) in [4.78, 5) is 24.4. The average Bonchev–Trinajstić information content (AvgIpc) is 3.06. The summed E-state index contributed by atoms with van der Waals surface area (Å²) in [5.41, 5.74) is 2.24. The summed E-state index contributed by atoms with van der Waals surface area (Å²) in [7, 11) is -3.49. The second-order valence-electron chi connectivity index (χ2n) is 6.68. The Labute approximate surface area is 165 Å². The monoisotopic (exact) mass is 416 g/mol. The number of aryl methyl sites for hydroxylation is 2. The van der Waals surface area contributed by atoms with Gasteiger partial charge >= 0.3 is 5.97 Å². The number of hydrogen-bond donors (Lipinski definition) is 1. The lowest BCUT2D eigenvalue weighted by Crippen LogP contribution is -2.43. The number of esters is 1. The number of halogens is 1. The van der Waals surface area contributed by atoms with Crippen molar-refractivity contribution in [1.29, 1.82) is 0 Å². The molecule has 9 heteroatoms. The highest BCUT2D eigenvalue weighted by atomic mass is 35.5. The van der Waals surface area contributed by atoms with E-state index in [0.717, 1.165) is 11.1 Å². The molecule has 0 spiro atoms. The molecule has 1 saturated heterocycles. The smallest absolute Gasteiger partial charge is 0.324 e. The van der Waals surface area contributed by atoms with Gasteiger partial charge in [-0.3, -0.25) is 9.59 Å². The van der Waals surface area contributed by atoms with Gasteiger partial charge in [0.15, 0.2) is 6.61 Å². The van der Waals surface area contributed by atoms with Gasteiger partial charge in [0.1, 0.15) is 6.04 Å². The fourth-order valence-corrected chi connectivity index (χ4v) is 5.27. The normalized spacial score (nSPS) is 17.7. The van der Waals surface area contributed by atoms with Crippen LogP contribution in [0, 0.1) is 13.8 Å². The molecule has 0 radical (unpaired) electrons. The average molecular weight is 417 g/mol. The van der Waals surface area contributed by atoms with Gasteiger partial charge in [0, 0.05) is 6.54 Å². The van der Waals surface area contributed by atoms with Gasteiger partial charge in [0.25, 0.3) is 5.91 Å². The SMILES string of the molecule is CCCS(=O)(=O)N1CCCC1C(=O)OCC(=O)Nc1c(C)cc(C)cc1Cl. The fourth-order valence-electron chi connectivity index (χ4n) is 3.17. The Morgan fingerprint density at radius 3 is 2.67 bits per heavy atom. The van der Waals surface area contributed by atoms with Crippen molar-refractivity contribution in [3.63, 3.8) is 0 Å². The maximum atomic E-state index is 12.3. The molecule has 1 aromatic rings. The predicted molar refractivity (Wildman–Crippen MR) is 104 cm³/mol. The van der Waals surface area contributed by atoms with E-state index in [1.165, 1.54) is 4.31 Å². The van der Waals surface area contributed by atoms with Crippen LogP contribution in [0.3, 0.4) is 0 Å². The summed E-state index contributed by atoms with van der Waals surface area (Å²) < 4.78 is 30.8. The molecule has 1 unspecified atom stereocenters. The number of hydrogen-bond acceptors (Lipinski definition) is 5. The van der Waals surface area contributed by atoms with Gasteiger partial charge in [-0.25, -0.2) is 8.42 Å². The maximum absolute atomic E-state index is 12.3. The highest BCUT2D eigenvalue weighted by Gasteiger charge is 2.39. The van der Waals surface area contributed by atoms with Crippen LogP contribution in [0.2, 0.25) is 5.02 Å². The van der Waals surface area contributed by atoms with Crippen molar-refractivity contribution in [2.75, 3.05) is 24.2 Å². The van der Waals surface area contributed by atoms with Crippen molar-refractivity contribution in [2.45, 2.75) is 46.1 Å². The quantitative estimate of drug-likeness (QED) is 0.689. The van der Waals surface area contributed by atoms with E-state index >= 15 is 0 Å². The number of ether oxygens (including phenoxy) is 1. The maximum Gasteiger partial charge on any atom is 0.324 e. The summed E-state index contributed by atoms with van der Waals surface area (Å²) in [6.07, 6.45) is 1.46. The van der Waals surface area contributed by atoms with Gasteiger partial charge < -0.3 is 10.1 Å². The Balaban J connectivity index is 1.96. The number of anilines is 1. The second kappa shape index (κ2) is 9.03. The number of benzene rings is 1. The van der Waals surface area contributed by atoms with Gasteiger partial charge in [-0.1, -0.05) is 24.6 Å². The molecule has 0 aliphatic carbocycles. The van der Waals surface area contributed by atoms with Crippen molar-refractivity contribution in [1.82, 2.24) is 4.31 Å². The molecule has 1 N–H and O–H groups in total. The van der Waals surface area contributed by atoms with Crippen LogP contribution < -0.4 is 5.32 Å². The third kappa shape index (κ3) is 5.43. The fraction of sp³-hybridized carbons (Fsp3) is 0.556. The Morgan fingerprint density at radius 2 is 2.04 bits per heavy atom. The zero-order chi connectivity index (χ0) is 20.2. The number of sulfonamides is 1. The first-order valence-corrected chi connectivity index (χ1v) is 10.9. The van der Waals surface area contributed by atoms with Crippen molar-refractivity contribution < 1.29 is 22.7 Å². The Bertz CT molecular complexity index is 802. The van der Waals surface area contributed by atoms with E-state index in [1.54, 1.807) is 13.0 Å². The van der Waals surface area contributed by atoms with Gasteiger partial charge in [-0.2, -0.15) is 4.31 Å². The number of rotatable bonds is 7. The van der Waals surface area contributed by atoms with Crippen LogP contribution in [0.5, 0.6) is 0 Å². The number of nitrogens with one attached hydrogen (secondary N) is 1. The summed E-state index contributed by atoms with van der Waals surface area (Å²) in [6, 6.07) is 2.74. The van der Waals surface area contributed by atoms with E-state index in [4.69, 9.17) is 16.3 Å². The van der Waals surface area contributed by atoms with Crippen LogP contribution in [0.25, 0.3) is 0 Å². The molecule has 0 saturated carbocycles. The standard InChI is InChI=1S/C18H25ClN2O5S/c1-4-8-27(24,25)21-7-5-6-15(21)18(23)26-11-16(22)20-17-13(3)9-12(2)10-14(17)19/h9-10,15H,4-8,11H2,1-3H3,(H,20,22). The minimum absolute atomic E-state index is 0.0114. The number of carbonyl (C=O) groups excluding carboxylic acids is 2. The minimum Gasteiger partial charge on any atom is -0.454 e. The summed E-state index contributed by atoms with van der Waals surface area (Å²) in [6.45, 7) is 5.28. The molecule has 1 aliphatic heterocycles. The third-order valence-corrected chi connectivity index (χ3v) is 6.71. The highest BCUT2D eigenvalue weighted by Crippen LogP contribution is 2.27. The Kier molecular flexibility index (Phi) is 7.25. The molecule has 2 rings (SSSR count). The molecule has 7 nitrogen and oxygen atoms in total. The van der Waals surface area contributed by atoms with Crippen LogP contribution in [0.4, 0.5) is 5.69 Å². The van der Waals surface area contributed by atoms with Gasteiger partial charge in [-0.15, -0.1) is 0 Å². The molecule has 1 atom stereocenters. The van der Waals surface area contributed by atoms with Crippen molar-refractivity contribution in [3.05, 3.63) is 28.3 Å². The number of nitrogens with zero attached hydrogens (tertiary/aromatic N) is 1. The van der Waals surface area contributed by atoms with Crippen LogP contribution in [-0.4, -0.2) is 49.5 Å². The minimum atomic E-state index is -3.49. The van der Waals surface area contributed by atoms with E-state index in [1.807, 2.05) is 19.9 Å². The molecule has 1 aliphatic rings. The first-order valence-electron chi connectivity index (χ1n) is 8.88. The molecule has 1 aromatic carbocycles. The third-order valence-electron chi connectivity index (χ3n) is 4.34. The molecule has 27 heavy (non-hydrogen) atoms. The first kappa shape index (κ1) is 21.7. The lowest BCUT2D eigenvalue weighted by Gasteiger charge is -2.22. The van der Waals surface area contributed by atoms with Crippen molar-refractivity contribution >= 4 is 39.2 Å². The number of amides is 1. The van der Waals surface area contributed by atoms with Crippen LogP contribution in [0.1, 0.15) is 37.3 Å². The van der Waals surface area contributed by atoms with E-state index in [9.17, 15) is 18.0 Å². The molecule has 150 valence electrons. The largest absolute Gasteiger partial charge is 0.454 e. The molecule has 1 fully saturated rings. The first-order chi connectivity index (χ1) is 12.7. The van der Waals surface area contributed by atoms with Crippen molar-refractivity contribution in [3.8, 4) is 0 Å². The van der Waals surface area contributed by atoms with Gasteiger partial charge in [0.05, 0.1) is 16.5 Å². The molecule has 1 amide bonds. The number of carbonyl (C=O) groups is 2. The lowest BCUT2D eigenvalue weighted by atomic mass is 10.1. The molecule has 1 heterocycles. The molecular formula is C18H25ClN2O5S. The van der Waals surface area contributed by atoms with Crippen LogP contribution in [-0.2, 0) is 24.3 Å². The van der Waals surface area contributed by atoms with E-state index < -0.39 is 34.5 Å². The van der Waals surface area contributed by atoms with Crippen molar-refractivity contribution in [2.24, 2.45) is 0 Å². The summed E-state index contributed by atoms with van der Waals surface area (Å²) in [5.74, 6) is -1.24. The zero-order valence-electron chi connectivity index (χ0n) is 15.7. The predicted octanol–water partition coefficient (Wildman–Crippen LogP) is 2.64. The van der Waals surface area contributed by atoms with E-state index in [2.05, 4.69) is 5.32 Å². The summed E-state index contributed by atoms with van der Waals surface area (Å²) >= 11 is 6.15. The Morgan fingerprint density at radius 1 is 1.33 bits per heavy atom. The zero-order valence-corrected chi connectivity index (χ0v) is 17.3. The van der Waals surface area contributed by atoms with Crippen LogP contribution in [0.15, 0.2) is 12.1 Å². The highest BCUT2D eigenvalue weighted by molar-refractivity contribution is 7.89. The second-order valence-corrected chi connectivity index (χ2v) is 9.13. The van der Waals surface area contributed by atoms with E-state index in [0.29, 0.717) is 36.5 Å². The van der Waals surface area contributed by atoms with Gasteiger partial charge in [-0.05, 0) is 50.3 Å². The van der Waals surface area contributed by atoms with Gasteiger partial charge in [0.2, 0.25) is 10.0 Å². The molecular weight excluding hydrogens is 392 g/mol. The Hall–Kier alpha value is -1.64. The molecule has 0 aromatic heterocycles. The topological polar surface area (TPSA) is 92.8 Å². The van der Waals surface area contributed by atoms with E-state index in [-0.39, 0.29) is 5.75 Å². The lowest BCUT2D eigenvalue weighted by molar-refractivity contribution is -0.150. The van der Waals surface area contributed by atoms with Crippen LogP contribution >= 0.6 is 11.6 Å². The summed E-state index contributed by atoms with van der Waals surface area (Å²) in [5, 5.41) is 3.04. The molecule has 0 bridgehead atoms.